The average molecular weight is 330 g/mol. The van der Waals surface area contributed by atoms with Gasteiger partial charge in [-0.3, -0.25) is 4.79 Å². The van der Waals surface area contributed by atoms with Crippen molar-refractivity contribution in [1.29, 1.82) is 0 Å². The van der Waals surface area contributed by atoms with Gasteiger partial charge in [0.1, 0.15) is 0 Å². The van der Waals surface area contributed by atoms with Gasteiger partial charge in [-0.2, -0.15) is 0 Å². The van der Waals surface area contributed by atoms with Crippen molar-refractivity contribution in [3.05, 3.63) is 15.9 Å². The molecule has 1 amide bonds. The Labute approximate surface area is 131 Å². The topological polar surface area (TPSA) is 96.2 Å². The molecule has 9 heteroatoms. The fourth-order valence-electron chi connectivity index (χ4n) is 1.52. The number of nitrogens with zero attached hydrogens (tertiary/aromatic N) is 2. The van der Waals surface area contributed by atoms with Crippen LogP contribution in [-0.2, 0) is 25.4 Å². The van der Waals surface area contributed by atoms with Crippen molar-refractivity contribution in [1.82, 2.24) is 4.57 Å². The molecule has 0 atom stereocenters. The van der Waals surface area contributed by atoms with Crippen LogP contribution >= 0.6 is 11.3 Å². The van der Waals surface area contributed by atoms with Crippen LogP contribution in [0.4, 0.5) is 9.59 Å². The molecule has 0 aliphatic carbocycles. The van der Waals surface area contributed by atoms with Crippen LogP contribution in [0.3, 0.4) is 0 Å². The zero-order valence-corrected chi connectivity index (χ0v) is 13.5. The van der Waals surface area contributed by atoms with Crippen molar-refractivity contribution in [2.45, 2.75) is 27.2 Å². The summed E-state index contributed by atoms with van der Waals surface area (Å²) in [6, 6.07) is 0. The highest BCUT2D eigenvalue weighted by atomic mass is 32.1. The number of aromatic nitrogens is 1. The zero-order chi connectivity index (χ0) is 16.5. The number of amides is 1. The van der Waals surface area contributed by atoms with Gasteiger partial charge in [0.25, 0.3) is 0 Å². The quantitative estimate of drug-likeness (QED) is 0.602. The number of ether oxygens (including phenoxy) is 3. The molecule has 1 aromatic rings. The lowest BCUT2D eigenvalue weighted by Gasteiger charge is -2.07. The molecule has 22 heavy (non-hydrogen) atoms. The molecule has 0 aromatic carbocycles. The molecule has 0 unspecified atom stereocenters. The molecular formula is C13H18N2O6S. The van der Waals surface area contributed by atoms with Crippen molar-refractivity contribution in [2.75, 3.05) is 19.8 Å². The van der Waals surface area contributed by atoms with Gasteiger partial charge in [0.05, 0.1) is 31.9 Å². The van der Waals surface area contributed by atoms with Gasteiger partial charge in [-0.05, 0) is 20.8 Å². The average Bonchev–Trinajstić information content (AvgIpc) is 2.82. The third-order valence-corrected chi connectivity index (χ3v) is 3.19. The van der Waals surface area contributed by atoms with Crippen LogP contribution in [0.5, 0.6) is 0 Å². The van der Waals surface area contributed by atoms with E-state index in [0.29, 0.717) is 5.69 Å². The van der Waals surface area contributed by atoms with Crippen molar-refractivity contribution in [2.24, 2.45) is 4.99 Å². The first kappa shape index (κ1) is 17.9. The minimum absolute atomic E-state index is 0.0798. The molecule has 0 aliphatic rings. The highest BCUT2D eigenvalue weighted by molar-refractivity contribution is 7.07. The second-order valence-electron chi connectivity index (χ2n) is 3.84. The monoisotopic (exact) mass is 330 g/mol. The van der Waals surface area contributed by atoms with E-state index in [1.54, 1.807) is 26.2 Å². The molecule has 0 radical (unpaired) electrons. The van der Waals surface area contributed by atoms with Gasteiger partial charge in [0.2, 0.25) is 4.80 Å². The first-order valence-corrected chi connectivity index (χ1v) is 7.65. The number of hydrogen-bond acceptors (Lipinski definition) is 7. The smallest absolute Gasteiger partial charge is 0.436 e. The zero-order valence-electron chi connectivity index (χ0n) is 12.7. The molecular weight excluding hydrogens is 312 g/mol. The van der Waals surface area contributed by atoms with Gasteiger partial charge in [-0.15, -0.1) is 16.3 Å². The largest absolute Gasteiger partial charge is 0.466 e. The van der Waals surface area contributed by atoms with Gasteiger partial charge in [-0.1, -0.05) is 0 Å². The maximum Gasteiger partial charge on any atom is 0.436 e. The maximum absolute atomic E-state index is 12.0. The highest BCUT2D eigenvalue weighted by Crippen LogP contribution is 2.06. The summed E-state index contributed by atoms with van der Waals surface area (Å²) < 4.78 is 15.5. The van der Waals surface area contributed by atoms with Gasteiger partial charge in [0.15, 0.2) is 0 Å². The van der Waals surface area contributed by atoms with E-state index < -0.39 is 18.2 Å². The van der Waals surface area contributed by atoms with Crippen LogP contribution in [0, 0.1) is 0 Å². The Morgan fingerprint density at radius 3 is 2.32 bits per heavy atom. The molecule has 0 N–H and O–H groups in total. The molecule has 0 spiro atoms. The van der Waals surface area contributed by atoms with Crippen LogP contribution in [0.25, 0.3) is 0 Å². The van der Waals surface area contributed by atoms with Gasteiger partial charge in [-0.25, -0.2) is 14.2 Å². The third kappa shape index (κ3) is 4.99. The van der Waals surface area contributed by atoms with E-state index in [1.807, 2.05) is 0 Å². The van der Waals surface area contributed by atoms with Crippen molar-refractivity contribution < 1.29 is 28.6 Å². The summed E-state index contributed by atoms with van der Waals surface area (Å²) in [5, 5.41) is 1.55. The second kappa shape index (κ2) is 8.98. The summed E-state index contributed by atoms with van der Waals surface area (Å²) in [5.41, 5.74) is 0.338. The summed E-state index contributed by atoms with van der Waals surface area (Å²) >= 11 is 1.03. The molecule has 0 aliphatic heterocycles. The predicted octanol–water partition coefficient (Wildman–Crippen LogP) is 1.72. The standard InChI is InChI=1S/C13H18N2O6S/c1-4-19-10(16)7-9-8-22-11(14-12(17)20-5-2)15(9)13(18)21-6-3/h8H,4-7H2,1-3H3/b14-11-. The molecule has 8 nitrogen and oxygen atoms in total. The Hall–Kier alpha value is -2.16. The van der Waals surface area contributed by atoms with E-state index in [9.17, 15) is 14.4 Å². The number of rotatable bonds is 5. The van der Waals surface area contributed by atoms with E-state index in [1.165, 1.54) is 0 Å². The van der Waals surface area contributed by atoms with Crippen LogP contribution in [-0.4, -0.2) is 42.5 Å². The predicted molar refractivity (Wildman–Crippen MR) is 77.7 cm³/mol. The first-order chi connectivity index (χ1) is 10.5. The molecule has 1 aromatic heterocycles. The van der Waals surface area contributed by atoms with Crippen molar-refractivity contribution >= 4 is 29.5 Å². The molecule has 1 rings (SSSR count). The van der Waals surface area contributed by atoms with Crippen LogP contribution in [0.15, 0.2) is 10.4 Å². The Morgan fingerprint density at radius 2 is 1.73 bits per heavy atom. The highest BCUT2D eigenvalue weighted by Gasteiger charge is 2.18. The van der Waals surface area contributed by atoms with E-state index in [4.69, 9.17) is 14.2 Å². The van der Waals surface area contributed by atoms with E-state index in [-0.39, 0.29) is 31.0 Å². The number of carbonyl (C=O) groups excluding carboxylic acids is 3. The van der Waals surface area contributed by atoms with E-state index >= 15 is 0 Å². The Bertz CT molecular complexity index is 604. The number of thiazole rings is 1. The summed E-state index contributed by atoms with van der Waals surface area (Å²) in [5.74, 6) is -0.485. The third-order valence-electron chi connectivity index (χ3n) is 2.31. The minimum Gasteiger partial charge on any atom is -0.466 e. The summed E-state index contributed by atoms with van der Waals surface area (Å²) in [7, 11) is 0. The number of carbonyl (C=O) groups is 3. The summed E-state index contributed by atoms with van der Waals surface area (Å²) in [6.07, 6.45) is -1.65. The van der Waals surface area contributed by atoms with E-state index in [0.717, 1.165) is 15.9 Å². The molecule has 0 saturated heterocycles. The lowest BCUT2D eigenvalue weighted by Crippen LogP contribution is -2.28. The van der Waals surface area contributed by atoms with Gasteiger partial charge in [0, 0.05) is 5.38 Å². The molecule has 122 valence electrons. The minimum atomic E-state index is -0.815. The van der Waals surface area contributed by atoms with Crippen molar-refractivity contribution in [3.63, 3.8) is 0 Å². The van der Waals surface area contributed by atoms with E-state index in [2.05, 4.69) is 4.99 Å². The molecule has 0 fully saturated rings. The first-order valence-electron chi connectivity index (χ1n) is 6.77. The Balaban J connectivity index is 3.17. The van der Waals surface area contributed by atoms with Crippen LogP contribution in [0.2, 0.25) is 0 Å². The van der Waals surface area contributed by atoms with Gasteiger partial charge < -0.3 is 14.2 Å². The normalized spacial score (nSPS) is 11.1. The fourth-order valence-corrected chi connectivity index (χ4v) is 2.38. The van der Waals surface area contributed by atoms with Crippen LogP contribution < -0.4 is 4.80 Å². The van der Waals surface area contributed by atoms with Crippen molar-refractivity contribution in [3.8, 4) is 0 Å². The lowest BCUT2D eigenvalue weighted by molar-refractivity contribution is -0.142. The Morgan fingerprint density at radius 1 is 1.09 bits per heavy atom. The lowest BCUT2D eigenvalue weighted by atomic mass is 10.3. The SMILES string of the molecule is CCOC(=O)Cc1cs/c(=N\C(=O)OCC)n1C(=O)OCC. The molecule has 1 heterocycles. The fraction of sp³-hybridized carbons (Fsp3) is 0.538. The number of esters is 1. The summed E-state index contributed by atoms with van der Waals surface area (Å²) in [4.78, 5) is 38.8. The van der Waals surface area contributed by atoms with Gasteiger partial charge >= 0.3 is 18.2 Å². The summed E-state index contributed by atoms with van der Waals surface area (Å²) in [6.45, 7) is 5.54. The second-order valence-corrected chi connectivity index (χ2v) is 4.67. The maximum atomic E-state index is 12.0. The molecule has 0 bridgehead atoms. The van der Waals surface area contributed by atoms with Crippen LogP contribution in [0.1, 0.15) is 26.5 Å². The number of hydrogen-bond donors (Lipinski definition) is 0. The Kier molecular flexibility index (Phi) is 7.30. The molecule has 0 saturated carbocycles.